The molecule has 16 heteroatoms. The fourth-order valence-electron chi connectivity index (χ4n) is 13.1. The average molecular weight is 1630 g/mol. The molecule has 0 bridgehead atoms. The van der Waals surface area contributed by atoms with Gasteiger partial charge in [-0.3, -0.25) is 4.79 Å². The molecule has 121 heavy (non-hydrogen) atoms. The van der Waals surface area contributed by atoms with Crippen LogP contribution in [-0.4, -0.2) is 5.24 Å². The van der Waals surface area contributed by atoms with Gasteiger partial charge in [0.1, 0.15) is 173 Å². The number of carbonyl (C=O) groups is 1. The Kier molecular flexibility index (Phi) is 28.7. The summed E-state index contributed by atoms with van der Waals surface area (Å²) in [5.41, 5.74) is 12.8. The molecule has 15 rings (SSSR count). The van der Waals surface area contributed by atoms with Crippen molar-refractivity contribution in [2.24, 2.45) is 0 Å². The molecular weight excluding hydrogens is 1540 g/mol. The number of hydrogen-bond acceptors (Lipinski definition) is 15. The summed E-state index contributed by atoms with van der Waals surface area (Å²) < 4.78 is 91.5. The van der Waals surface area contributed by atoms with Gasteiger partial charge in [0.05, 0.1) is 0 Å². The van der Waals surface area contributed by atoms with Crippen LogP contribution in [0.2, 0.25) is 0 Å². The summed E-state index contributed by atoms with van der Waals surface area (Å²) in [7, 11) is 0. The van der Waals surface area contributed by atoms with E-state index in [-0.39, 0.29) is 45.2 Å². The van der Waals surface area contributed by atoms with Gasteiger partial charge in [0.15, 0.2) is 0 Å². The Morgan fingerprint density at radius 3 is 0.372 bits per heavy atom. The van der Waals surface area contributed by atoms with Crippen molar-refractivity contribution in [1.82, 2.24) is 0 Å². The fraction of sp³-hybridized carbons (Fsp3) is 0.133. The van der Waals surface area contributed by atoms with E-state index < -0.39 is 5.24 Å². The second-order valence-corrected chi connectivity index (χ2v) is 29.1. The number of hydrogen-bond donors (Lipinski definition) is 0. The van der Waals surface area contributed by atoms with E-state index in [9.17, 15) is 4.79 Å². The van der Waals surface area contributed by atoms with Crippen LogP contribution in [0.5, 0.6) is 80.5 Å². The van der Waals surface area contributed by atoms with Crippen molar-refractivity contribution in [3.8, 4) is 80.5 Å². The van der Waals surface area contributed by atoms with Gasteiger partial charge in [-0.2, -0.15) is 0 Å². The lowest BCUT2D eigenvalue weighted by atomic mass is 10.1. The first-order chi connectivity index (χ1) is 59.6. The highest BCUT2D eigenvalue weighted by atomic mass is 35.5. The zero-order chi connectivity index (χ0) is 82.3. The summed E-state index contributed by atoms with van der Waals surface area (Å²) >= 11 is 6.37. The summed E-state index contributed by atoms with van der Waals surface area (Å²) in [6, 6.07) is 119. The van der Waals surface area contributed by atoms with E-state index in [0.29, 0.717) is 144 Å². The van der Waals surface area contributed by atoms with Crippen LogP contribution in [0.3, 0.4) is 0 Å². The number of benzene rings is 15. The minimum absolute atomic E-state index is 0.0149. The average Bonchev–Trinajstić information content (AvgIpc) is 0.842. The molecule has 0 aromatic heterocycles. The minimum atomic E-state index is -0.717. The maximum absolute atomic E-state index is 13.3. The van der Waals surface area contributed by atoms with Crippen LogP contribution in [0.15, 0.2) is 370 Å². The molecule has 0 aliphatic carbocycles. The maximum atomic E-state index is 13.3. The molecule has 0 unspecified atom stereocenters. The Labute approximate surface area is 710 Å². The largest absolute Gasteiger partial charge is 0.489 e. The first-order valence-electron chi connectivity index (χ1n) is 39.9. The molecule has 0 heterocycles. The molecule has 0 N–H and O–H groups in total. The molecule has 0 aliphatic rings. The smallest absolute Gasteiger partial charge is 0.252 e. The standard InChI is InChI=1S/C105H89ClO15/c106-105(107)90-53-103(120-74-88-49-99(116-70-84-41-91(108-62-76-25-9-1-10-26-76)55-92(42-84)109-63-77-27-11-2-12-28-77)59-100(50-88)117-71-85-43-93(110-64-78-29-13-3-14-30-78)56-94(44-85)111-65-79-31-15-4-16-32-79)61-104(54-90)121-75-89-51-101(118-72-86-45-95(112-66-80-33-17-5-18-34-80)57-96(46-86)113-67-81-35-19-6-20-36-81)60-102(52-89)119-73-87-47-97(114-68-82-37-21-7-22-38-82)58-98(48-87)115-69-83-39-23-8-24-40-83/h1-61H,62-75H2. The van der Waals surface area contributed by atoms with Crippen LogP contribution in [0.4, 0.5) is 0 Å². The van der Waals surface area contributed by atoms with Gasteiger partial charge in [-0.05, 0) is 174 Å². The Morgan fingerprint density at radius 1 is 0.149 bits per heavy atom. The molecule has 15 aromatic carbocycles. The lowest BCUT2D eigenvalue weighted by molar-refractivity contribution is 0.108. The molecule has 15 aromatic rings. The van der Waals surface area contributed by atoms with E-state index in [1.807, 2.05) is 352 Å². The Bertz CT molecular complexity index is 4870. The van der Waals surface area contributed by atoms with Gasteiger partial charge >= 0.3 is 0 Å². The topological polar surface area (TPSA) is 146 Å². The van der Waals surface area contributed by atoms with Gasteiger partial charge in [-0.1, -0.05) is 243 Å². The summed E-state index contributed by atoms with van der Waals surface area (Å²) in [6.07, 6.45) is 0. The van der Waals surface area contributed by atoms with Crippen molar-refractivity contribution in [1.29, 1.82) is 0 Å². The first kappa shape index (κ1) is 81.6. The van der Waals surface area contributed by atoms with Crippen LogP contribution in [0.25, 0.3) is 0 Å². The molecule has 15 nitrogen and oxygen atoms in total. The zero-order valence-corrected chi connectivity index (χ0v) is 67.4. The van der Waals surface area contributed by atoms with Gasteiger partial charge in [0.2, 0.25) is 0 Å². The summed E-state index contributed by atoms with van der Waals surface area (Å²) in [5, 5.41) is -0.717. The second-order valence-electron chi connectivity index (χ2n) is 28.8. The summed E-state index contributed by atoms with van der Waals surface area (Å²) in [5.74, 6) is 7.41. The Balaban J connectivity index is 0.704. The maximum Gasteiger partial charge on any atom is 0.252 e. The second kappa shape index (κ2) is 42.5. The van der Waals surface area contributed by atoms with Crippen LogP contribution >= 0.6 is 11.6 Å². The van der Waals surface area contributed by atoms with E-state index in [1.54, 1.807) is 18.2 Å². The molecule has 0 amide bonds. The van der Waals surface area contributed by atoms with Crippen LogP contribution in [0, 0.1) is 0 Å². The van der Waals surface area contributed by atoms with Gasteiger partial charge in [0.25, 0.3) is 5.24 Å². The van der Waals surface area contributed by atoms with Gasteiger partial charge in [-0.15, -0.1) is 0 Å². The highest BCUT2D eigenvalue weighted by Crippen LogP contribution is 2.36. The number of rotatable bonds is 43. The van der Waals surface area contributed by atoms with Crippen molar-refractivity contribution in [2.75, 3.05) is 0 Å². The fourth-order valence-corrected chi connectivity index (χ4v) is 13.2. The molecule has 0 aliphatic heterocycles. The third kappa shape index (κ3) is 26.2. The predicted molar refractivity (Wildman–Crippen MR) is 467 cm³/mol. The molecule has 0 fully saturated rings. The molecule has 0 saturated heterocycles. The van der Waals surface area contributed by atoms with Gasteiger partial charge < -0.3 is 66.3 Å². The lowest BCUT2D eigenvalue weighted by Crippen LogP contribution is -2.04. The SMILES string of the molecule is O=C(Cl)c1cc(OCc2cc(OCc3cc(OCc4ccccc4)cc(OCc4ccccc4)c3)cc(OCc3cc(OCc4ccccc4)cc(OCc4ccccc4)c3)c2)cc(OCc2cc(OCc3cc(OCc4ccccc4)cc(OCc4ccccc4)c3)cc(OCc3cc(OCc4ccccc4)cc(OCc4ccccc4)c3)c2)c1. The number of ether oxygens (including phenoxy) is 14. The van der Waals surface area contributed by atoms with Crippen LogP contribution in [0.1, 0.15) is 88.2 Å². The molecular formula is C105H89ClO15. The van der Waals surface area contributed by atoms with Crippen LogP contribution in [-0.2, 0) is 92.5 Å². The highest BCUT2D eigenvalue weighted by molar-refractivity contribution is 6.67. The third-order valence-corrected chi connectivity index (χ3v) is 19.4. The zero-order valence-electron chi connectivity index (χ0n) is 66.6. The summed E-state index contributed by atoms with van der Waals surface area (Å²) in [4.78, 5) is 13.3. The van der Waals surface area contributed by atoms with Crippen molar-refractivity contribution >= 4 is 16.8 Å². The normalized spacial score (nSPS) is 10.9. The minimum Gasteiger partial charge on any atom is -0.489 e. The molecule has 0 saturated carbocycles. The van der Waals surface area contributed by atoms with Gasteiger partial charge in [-0.25, -0.2) is 0 Å². The first-order valence-corrected chi connectivity index (χ1v) is 40.3. The summed E-state index contributed by atoms with van der Waals surface area (Å²) in [6.45, 7) is 3.24. The Hall–Kier alpha value is -14.5. The van der Waals surface area contributed by atoms with Crippen molar-refractivity contribution in [3.63, 3.8) is 0 Å². The molecule has 0 radical (unpaired) electrons. The monoisotopic (exact) mass is 1620 g/mol. The molecule has 0 atom stereocenters. The third-order valence-electron chi connectivity index (χ3n) is 19.2. The van der Waals surface area contributed by atoms with Crippen molar-refractivity contribution in [2.45, 2.75) is 92.5 Å². The van der Waals surface area contributed by atoms with E-state index >= 15 is 0 Å². The van der Waals surface area contributed by atoms with Crippen LogP contribution < -0.4 is 66.3 Å². The van der Waals surface area contributed by atoms with E-state index in [0.717, 1.165) is 66.8 Å². The van der Waals surface area contributed by atoms with E-state index in [1.165, 1.54) is 0 Å². The number of carbonyl (C=O) groups excluding carboxylic acids is 1. The predicted octanol–water partition coefficient (Wildman–Crippen LogP) is 24.2. The molecule has 0 spiro atoms. The molecule has 606 valence electrons. The number of halogens is 1. The quantitative estimate of drug-likeness (QED) is 0.0334. The van der Waals surface area contributed by atoms with E-state index in [4.69, 9.17) is 77.9 Å². The van der Waals surface area contributed by atoms with E-state index in [2.05, 4.69) is 0 Å². The van der Waals surface area contributed by atoms with Gasteiger partial charge in [0, 0.05) is 48.0 Å². The van der Waals surface area contributed by atoms with Crippen molar-refractivity contribution < 1.29 is 71.1 Å². The van der Waals surface area contributed by atoms with Crippen molar-refractivity contribution in [3.05, 3.63) is 454 Å². The highest BCUT2D eigenvalue weighted by Gasteiger charge is 2.18. The Morgan fingerprint density at radius 2 is 0.256 bits per heavy atom. The lowest BCUT2D eigenvalue weighted by Gasteiger charge is -2.17.